The number of hydrogen-bond acceptors (Lipinski definition) is 3. The van der Waals surface area contributed by atoms with Crippen molar-refractivity contribution >= 4 is 33.3 Å². The van der Waals surface area contributed by atoms with Gasteiger partial charge in [-0.3, -0.25) is 9.10 Å². The maximum absolute atomic E-state index is 14.8. The summed E-state index contributed by atoms with van der Waals surface area (Å²) in [6.07, 6.45) is -0.269. The minimum atomic E-state index is -4.37. The molecule has 0 aliphatic carbocycles. The van der Waals surface area contributed by atoms with Crippen LogP contribution in [0.2, 0.25) is 5.02 Å². The number of carbonyl (C=O) groups is 1. The van der Waals surface area contributed by atoms with E-state index in [1.165, 1.54) is 42.5 Å². The molecule has 10 heteroatoms. The van der Waals surface area contributed by atoms with Gasteiger partial charge in [0.05, 0.1) is 17.0 Å². The van der Waals surface area contributed by atoms with Gasteiger partial charge in [0, 0.05) is 23.6 Å². The summed E-state index contributed by atoms with van der Waals surface area (Å²) >= 11 is 5.87. The largest absolute Gasteiger partial charge is 0.481 e. The smallest absolute Gasteiger partial charge is 0.303 e. The predicted molar refractivity (Wildman–Crippen MR) is 128 cm³/mol. The first-order chi connectivity index (χ1) is 16.4. The number of carboxylic acid groups (broad SMARTS) is 1. The molecule has 0 saturated heterocycles. The molecule has 0 heterocycles. The van der Waals surface area contributed by atoms with Crippen molar-refractivity contribution in [2.45, 2.75) is 37.0 Å². The van der Waals surface area contributed by atoms with Crippen LogP contribution in [0.15, 0.2) is 65.6 Å². The molecular formula is C25H23ClF3NO4S. The highest BCUT2D eigenvalue weighted by molar-refractivity contribution is 7.92. The van der Waals surface area contributed by atoms with Gasteiger partial charge >= 0.3 is 5.97 Å². The Labute approximate surface area is 206 Å². The number of anilines is 1. The van der Waals surface area contributed by atoms with Gasteiger partial charge in [-0.15, -0.1) is 0 Å². The van der Waals surface area contributed by atoms with E-state index in [9.17, 15) is 31.5 Å². The van der Waals surface area contributed by atoms with E-state index in [0.29, 0.717) is 16.1 Å². The summed E-state index contributed by atoms with van der Waals surface area (Å²) in [6, 6.07) is 11.6. The summed E-state index contributed by atoms with van der Waals surface area (Å²) in [5.41, 5.74) is 0.394. The molecule has 0 radical (unpaired) electrons. The van der Waals surface area contributed by atoms with Crippen LogP contribution in [0.3, 0.4) is 0 Å². The molecule has 5 nitrogen and oxygen atoms in total. The number of aliphatic carboxylic acids is 1. The molecule has 0 aliphatic heterocycles. The number of nitrogens with zero attached hydrogens (tertiary/aromatic N) is 1. The Morgan fingerprint density at radius 3 is 2.14 bits per heavy atom. The Morgan fingerprint density at radius 2 is 1.51 bits per heavy atom. The fourth-order valence-electron chi connectivity index (χ4n) is 3.88. The zero-order valence-corrected chi connectivity index (χ0v) is 20.5. The summed E-state index contributed by atoms with van der Waals surface area (Å²) in [5.74, 6) is -4.65. The summed E-state index contributed by atoms with van der Waals surface area (Å²) in [5, 5.41) is 9.47. The maximum atomic E-state index is 14.8. The van der Waals surface area contributed by atoms with Crippen molar-refractivity contribution in [3.8, 4) is 0 Å². The lowest BCUT2D eigenvalue weighted by molar-refractivity contribution is -0.137. The van der Waals surface area contributed by atoms with E-state index in [4.69, 9.17) is 11.6 Å². The molecule has 0 spiro atoms. The lowest BCUT2D eigenvalue weighted by atomic mass is 9.87. The van der Waals surface area contributed by atoms with E-state index >= 15 is 0 Å². The fourth-order valence-corrected chi connectivity index (χ4v) is 5.56. The molecule has 3 rings (SSSR count). The monoisotopic (exact) mass is 525 g/mol. The lowest BCUT2D eigenvalue weighted by Gasteiger charge is -2.29. The van der Waals surface area contributed by atoms with Crippen LogP contribution >= 0.6 is 11.6 Å². The Kier molecular flexibility index (Phi) is 8.12. The minimum Gasteiger partial charge on any atom is -0.481 e. The van der Waals surface area contributed by atoms with Crippen molar-refractivity contribution in [2.75, 3.05) is 10.8 Å². The van der Waals surface area contributed by atoms with Gasteiger partial charge in [0.2, 0.25) is 0 Å². The second kappa shape index (κ2) is 10.7. The van der Waals surface area contributed by atoms with Gasteiger partial charge in [-0.1, -0.05) is 31.5 Å². The van der Waals surface area contributed by atoms with Gasteiger partial charge in [0.25, 0.3) is 10.0 Å². The Hall–Kier alpha value is -3.04. The number of benzene rings is 3. The van der Waals surface area contributed by atoms with Crippen molar-refractivity contribution in [3.63, 3.8) is 0 Å². The fraction of sp³-hybridized carbons (Fsp3) is 0.240. The van der Waals surface area contributed by atoms with Crippen molar-refractivity contribution in [1.82, 2.24) is 0 Å². The van der Waals surface area contributed by atoms with Crippen LogP contribution in [0.25, 0.3) is 0 Å². The van der Waals surface area contributed by atoms with E-state index in [-0.39, 0.29) is 17.9 Å². The van der Waals surface area contributed by atoms with Crippen LogP contribution in [0, 0.1) is 17.5 Å². The van der Waals surface area contributed by atoms with E-state index in [1.54, 1.807) is 13.8 Å². The quantitative estimate of drug-likeness (QED) is 0.354. The number of rotatable bonds is 9. The third kappa shape index (κ3) is 6.15. The Morgan fingerprint density at radius 1 is 0.914 bits per heavy atom. The number of carboxylic acids is 1. The highest BCUT2D eigenvalue weighted by Crippen LogP contribution is 2.34. The van der Waals surface area contributed by atoms with Crippen LogP contribution in [0.5, 0.6) is 0 Å². The van der Waals surface area contributed by atoms with Crippen molar-refractivity contribution in [1.29, 1.82) is 0 Å². The first-order valence-corrected chi connectivity index (χ1v) is 12.5. The molecule has 0 aromatic heterocycles. The van der Waals surface area contributed by atoms with Gasteiger partial charge in [-0.05, 0) is 65.6 Å². The average Bonchev–Trinajstić information content (AvgIpc) is 2.78. The molecule has 3 aromatic rings. The maximum Gasteiger partial charge on any atom is 0.303 e. The van der Waals surface area contributed by atoms with E-state index in [2.05, 4.69) is 0 Å². The highest BCUT2D eigenvalue weighted by Gasteiger charge is 2.30. The van der Waals surface area contributed by atoms with E-state index < -0.39 is 51.0 Å². The summed E-state index contributed by atoms with van der Waals surface area (Å²) < 4.78 is 70.7. The predicted octanol–water partition coefficient (Wildman–Crippen LogP) is 6.33. The standard InChI is InChI=1S/C25H23ClF3NO4S/c1-15(11-25(31)32)22-12-18(27)5-9-21(22)16(2)14-30(24-13-19(28)6-10-23(24)29)35(33,34)20-7-3-17(26)4-8-20/h3-10,12-13,15-16H,11,14H2,1-2H3,(H,31,32). The minimum absolute atomic E-state index is 0.184. The van der Waals surface area contributed by atoms with Gasteiger partial charge in [-0.2, -0.15) is 0 Å². The van der Waals surface area contributed by atoms with Crippen LogP contribution in [0.1, 0.15) is 43.2 Å². The lowest BCUT2D eigenvalue weighted by Crippen LogP contribution is -2.35. The average molecular weight is 526 g/mol. The zero-order chi connectivity index (χ0) is 25.9. The number of sulfonamides is 1. The number of halogens is 4. The molecule has 2 unspecified atom stereocenters. The highest BCUT2D eigenvalue weighted by atomic mass is 35.5. The van der Waals surface area contributed by atoms with Crippen LogP contribution in [-0.2, 0) is 14.8 Å². The molecule has 0 fully saturated rings. The molecule has 0 bridgehead atoms. The zero-order valence-electron chi connectivity index (χ0n) is 18.9. The van der Waals surface area contributed by atoms with Gasteiger partial charge < -0.3 is 5.11 Å². The van der Waals surface area contributed by atoms with Crippen molar-refractivity contribution in [2.24, 2.45) is 0 Å². The number of hydrogen-bond donors (Lipinski definition) is 1. The third-order valence-corrected chi connectivity index (χ3v) is 7.66. The topological polar surface area (TPSA) is 74.7 Å². The first kappa shape index (κ1) is 26.6. The Balaban J connectivity index is 2.10. The van der Waals surface area contributed by atoms with E-state index in [0.717, 1.165) is 22.5 Å². The normalized spacial score (nSPS) is 13.3. The molecule has 0 saturated carbocycles. The second-order valence-corrected chi connectivity index (χ2v) is 10.6. The molecule has 1 N–H and O–H groups in total. The van der Waals surface area contributed by atoms with Crippen molar-refractivity contribution < 1.29 is 31.5 Å². The SMILES string of the molecule is CC(CC(=O)O)c1cc(F)ccc1C(C)CN(c1cc(F)ccc1F)S(=O)(=O)c1ccc(Cl)cc1. The second-order valence-electron chi connectivity index (χ2n) is 8.26. The summed E-state index contributed by atoms with van der Waals surface area (Å²) in [6.45, 7) is 2.93. The van der Waals surface area contributed by atoms with Crippen LogP contribution in [0.4, 0.5) is 18.9 Å². The van der Waals surface area contributed by atoms with Crippen molar-refractivity contribution in [3.05, 3.63) is 94.3 Å². The third-order valence-electron chi connectivity index (χ3n) is 5.61. The van der Waals surface area contributed by atoms with Gasteiger partial charge in [0.1, 0.15) is 17.5 Å². The molecule has 35 heavy (non-hydrogen) atoms. The molecule has 3 aromatic carbocycles. The summed E-state index contributed by atoms with van der Waals surface area (Å²) in [4.78, 5) is 11.0. The summed E-state index contributed by atoms with van der Waals surface area (Å²) in [7, 11) is -4.37. The Bertz CT molecular complexity index is 1330. The molecule has 2 atom stereocenters. The van der Waals surface area contributed by atoms with Gasteiger partial charge in [-0.25, -0.2) is 21.6 Å². The van der Waals surface area contributed by atoms with Crippen LogP contribution < -0.4 is 4.31 Å². The molecule has 0 amide bonds. The first-order valence-electron chi connectivity index (χ1n) is 10.6. The van der Waals surface area contributed by atoms with E-state index in [1.807, 2.05) is 0 Å². The van der Waals surface area contributed by atoms with Gasteiger partial charge in [0.15, 0.2) is 0 Å². The molecular weight excluding hydrogens is 503 g/mol. The molecule has 0 aliphatic rings. The van der Waals surface area contributed by atoms with Crippen LogP contribution in [-0.4, -0.2) is 26.0 Å². The molecule has 186 valence electrons.